The third-order valence-electron chi connectivity index (χ3n) is 4.12. The van der Waals surface area contributed by atoms with Gasteiger partial charge in [-0.15, -0.1) is 0 Å². The van der Waals surface area contributed by atoms with Gasteiger partial charge in [-0.2, -0.15) is 0 Å². The Hall–Kier alpha value is -1.56. The fourth-order valence-electron chi connectivity index (χ4n) is 2.62. The molecule has 1 aliphatic rings. The van der Waals surface area contributed by atoms with Crippen molar-refractivity contribution in [2.24, 2.45) is 5.92 Å². The Kier molecular flexibility index (Phi) is 4.88. The molecule has 2 N–H and O–H groups in total. The van der Waals surface area contributed by atoms with Gasteiger partial charge in [0.05, 0.1) is 17.8 Å². The maximum absolute atomic E-state index is 12.3. The summed E-state index contributed by atoms with van der Waals surface area (Å²) in [6, 6.07) is -0.300. The normalized spacial score (nSPS) is 17.4. The molecule has 6 heteroatoms. The van der Waals surface area contributed by atoms with Crippen molar-refractivity contribution in [3.05, 3.63) is 17.0 Å². The van der Waals surface area contributed by atoms with Gasteiger partial charge in [0.1, 0.15) is 5.76 Å². The first-order valence-corrected chi connectivity index (χ1v) is 7.56. The highest BCUT2D eigenvalue weighted by atomic mass is 16.5. The second-order valence-electron chi connectivity index (χ2n) is 5.93. The monoisotopic (exact) mass is 295 g/mol. The van der Waals surface area contributed by atoms with Crippen molar-refractivity contribution in [2.75, 3.05) is 13.6 Å². The summed E-state index contributed by atoms with van der Waals surface area (Å²) in [4.78, 5) is 13.8. The lowest BCUT2D eigenvalue weighted by molar-refractivity contribution is 0.112. The van der Waals surface area contributed by atoms with Crippen molar-refractivity contribution in [3.63, 3.8) is 0 Å². The van der Waals surface area contributed by atoms with E-state index >= 15 is 0 Å². The van der Waals surface area contributed by atoms with Gasteiger partial charge in [0.2, 0.25) is 0 Å². The van der Waals surface area contributed by atoms with Crippen LogP contribution >= 0.6 is 0 Å². The molecule has 6 nitrogen and oxygen atoms in total. The molecular weight excluding hydrogens is 270 g/mol. The molecule has 0 aromatic carbocycles. The second kappa shape index (κ2) is 6.47. The zero-order valence-corrected chi connectivity index (χ0v) is 13.2. The fourth-order valence-corrected chi connectivity index (χ4v) is 2.62. The van der Waals surface area contributed by atoms with Crippen LogP contribution in [0.3, 0.4) is 0 Å². The first kappa shape index (κ1) is 15.8. The minimum absolute atomic E-state index is 0.121. The number of aryl methyl sites for hydroxylation is 2. The Morgan fingerprint density at radius 1 is 1.52 bits per heavy atom. The van der Waals surface area contributed by atoms with Crippen LogP contribution in [0.4, 0.5) is 4.79 Å². The van der Waals surface area contributed by atoms with Gasteiger partial charge in [-0.3, -0.25) is 0 Å². The standard InChI is InChI=1S/C15H25N3O3/c1-5-12(14-9(2)17-21-10(14)3)16-15(20)18(4)8-13(19)11-6-7-11/h11-13,19H,5-8H2,1-4H3,(H,16,20). The lowest BCUT2D eigenvalue weighted by atomic mass is 10.0. The van der Waals surface area contributed by atoms with E-state index in [9.17, 15) is 9.90 Å². The van der Waals surface area contributed by atoms with Gasteiger partial charge >= 0.3 is 6.03 Å². The largest absolute Gasteiger partial charge is 0.391 e. The van der Waals surface area contributed by atoms with Crippen LogP contribution in [-0.2, 0) is 0 Å². The number of likely N-dealkylation sites (N-methyl/N-ethyl adjacent to an activating group) is 1. The Labute approximate surface area is 125 Å². The Balaban J connectivity index is 1.95. The number of carbonyl (C=O) groups is 1. The number of aliphatic hydroxyl groups is 1. The molecule has 2 amide bonds. The number of aliphatic hydroxyl groups excluding tert-OH is 1. The molecule has 1 saturated carbocycles. The van der Waals surface area contributed by atoms with E-state index in [1.165, 1.54) is 0 Å². The number of rotatable bonds is 6. The van der Waals surface area contributed by atoms with Crippen molar-refractivity contribution in [1.82, 2.24) is 15.4 Å². The summed E-state index contributed by atoms with van der Waals surface area (Å²) < 4.78 is 5.17. The lowest BCUT2D eigenvalue weighted by Gasteiger charge is -2.24. The van der Waals surface area contributed by atoms with Crippen molar-refractivity contribution in [1.29, 1.82) is 0 Å². The van der Waals surface area contributed by atoms with Crippen molar-refractivity contribution >= 4 is 6.03 Å². The number of nitrogens with one attached hydrogen (secondary N) is 1. The summed E-state index contributed by atoms with van der Waals surface area (Å²) in [5, 5.41) is 16.9. The minimum Gasteiger partial charge on any atom is -0.391 e. The first-order valence-electron chi connectivity index (χ1n) is 7.56. The molecular formula is C15H25N3O3. The van der Waals surface area contributed by atoms with E-state index in [0.717, 1.165) is 36.3 Å². The smallest absolute Gasteiger partial charge is 0.317 e. The molecule has 0 radical (unpaired) electrons. The summed E-state index contributed by atoms with van der Waals surface area (Å²) >= 11 is 0. The summed E-state index contributed by atoms with van der Waals surface area (Å²) in [5.74, 6) is 1.10. The number of nitrogens with zero attached hydrogens (tertiary/aromatic N) is 2. The Morgan fingerprint density at radius 2 is 2.19 bits per heavy atom. The molecule has 0 saturated heterocycles. The van der Waals surface area contributed by atoms with Crippen LogP contribution in [0.15, 0.2) is 4.52 Å². The quantitative estimate of drug-likeness (QED) is 0.843. The van der Waals surface area contributed by atoms with Gasteiger partial charge in [-0.1, -0.05) is 12.1 Å². The minimum atomic E-state index is -0.417. The van der Waals surface area contributed by atoms with E-state index in [4.69, 9.17) is 4.52 Å². The van der Waals surface area contributed by atoms with Crippen LogP contribution in [-0.4, -0.2) is 40.9 Å². The molecule has 1 heterocycles. The van der Waals surface area contributed by atoms with E-state index in [2.05, 4.69) is 10.5 Å². The molecule has 1 fully saturated rings. The Morgan fingerprint density at radius 3 is 2.67 bits per heavy atom. The molecule has 0 bridgehead atoms. The number of hydrogen-bond donors (Lipinski definition) is 2. The number of amides is 2. The van der Waals surface area contributed by atoms with Gasteiger partial charge in [0, 0.05) is 19.2 Å². The maximum atomic E-state index is 12.3. The molecule has 2 atom stereocenters. The third kappa shape index (κ3) is 3.75. The molecule has 1 aliphatic carbocycles. The molecule has 0 spiro atoms. The van der Waals surface area contributed by atoms with Crippen LogP contribution in [0.1, 0.15) is 49.2 Å². The highest BCUT2D eigenvalue weighted by molar-refractivity contribution is 5.74. The molecule has 2 rings (SSSR count). The Bertz CT molecular complexity index is 477. The molecule has 0 aliphatic heterocycles. The van der Waals surface area contributed by atoms with Crippen LogP contribution < -0.4 is 5.32 Å². The summed E-state index contributed by atoms with van der Waals surface area (Å²) in [6.45, 7) is 6.11. The number of carbonyl (C=O) groups excluding carboxylic acids is 1. The zero-order valence-electron chi connectivity index (χ0n) is 13.2. The summed E-state index contributed by atoms with van der Waals surface area (Å²) in [7, 11) is 1.71. The van der Waals surface area contributed by atoms with E-state index in [1.807, 2.05) is 20.8 Å². The summed E-state index contributed by atoms with van der Waals surface area (Å²) in [6.07, 6.45) is 2.47. The molecule has 1 aromatic heterocycles. The van der Waals surface area contributed by atoms with E-state index in [0.29, 0.717) is 12.5 Å². The number of hydrogen-bond acceptors (Lipinski definition) is 4. The number of urea groups is 1. The molecule has 118 valence electrons. The SMILES string of the molecule is CCC(NC(=O)N(C)CC(O)C1CC1)c1c(C)noc1C. The predicted molar refractivity (Wildman–Crippen MR) is 78.9 cm³/mol. The molecule has 1 aromatic rings. The average Bonchev–Trinajstić information content (AvgIpc) is 3.23. The topological polar surface area (TPSA) is 78.6 Å². The zero-order chi connectivity index (χ0) is 15.6. The second-order valence-corrected chi connectivity index (χ2v) is 5.93. The van der Waals surface area contributed by atoms with Crippen LogP contribution in [0.25, 0.3) is 0 Å². The lowest BCUT2D eigenvalue weighted by Crippen LogP contribution is -2.43. The van der Waals surface area contributed by atoms with Gasteiger partial charge in [-0.25, -0.2) is 4.79 Å². The highest BCUT2D eigenvalue weighted by Gasteiger charge is 2.31. The van der Waals surface area contributed by atoms with E-state index in [-0.39, 0.29) is 12.1 Å². The van der Waals surface area contributed by atoms with Crippen LogP contribution in [0, 0.1) is 19.8 Å². The average molecular weight is 295 g/mol. The number of aromatic nitrogens is 1. The van der Waals surface area contributed by atoms with E-state index < -0.39 is 6.10 Å². The van der Waals surface area contributed by atoms with Gasteiger partial charge in [0.25, 0.3) is 0 Å². The summed E-state index contributed by atoms with van der Waals surface area (Å²) in [5.41, 5.74) is 1.75. The van der Waals surface area contributed by atoms with Crippen molar-refractivity contribution in [2.45, 2.75) is 52.2 Å². The van der Waals surface area contributed by atoms with Crippen molar-refractivity contribution in [3.8, 4) is 0 Å². The third-order valence-corrected chi connectivity index (χ3v) is 4.12. The highest BCUT2D eigenvalue weighted by Crippen LogP contribution is 2.32. The fraction of sp³-hybridized carbons (Fsp3) is 0.733. The van der Waals surface area contributed by atoms with Gasteiger partial charge in [-0.05, 0) is 39.0 Å². The molecule has 21 heavy (non-hydrogen) atoms. The van der Waals surface area contributed by atoms with Crippen molar-refractivity contribution < 1.29 is 14.4 Å². The predicted octanol–water partition coefficient (Wildman–Crippen LogP) is 2.15. The van der Waals surface area contributed by atoms with Gasteiger partial charge < -0.3 is 19.8 Å². The van der Waals surface area contributed by atoms with E-state index in [1.54, 1.807) is 11.9 Å². The van der Waals surface area contributed by atoms with Crippen LogP contribution in [0.5, 0.6) is 0 Å². The van der Waals surface area contributed by atoms with Gasteiger partial charge in [0.15, 0.2) is 0 Å². The van der Waals surface area contributed by atoms with Crippen LogP contribution in [0.2, 0.25) is 0 Å². The first-order chi connectivity index (χ1) is 9.93. The molecule has 2 unspecified atom stereocenters. The maximum Gasteiger partial charge on any atom is 0.317 e.